The summed E-state index contributed by atoms with van der Waals surface area (Å²) in [4.78, 5) is 14.4. The minimum atomic E-state index is -0.807. The number of rotatable bonds is 6. The molecule has 3 aromatic carbocycles. The zero-order chi connectivity index (χ0) is 21.0. The van der Waals surface area contributed by atoms with Crippen molar-refractivity contribution in [3.63, 3.8) is 0 Å². The predicted molar refractivity (Wildman–Crippen MR) is 123 cm³/mol. The fourth-order valence-corrected chi connectivity index (χ4v) is 4.27. The van der Waals surface area contributed by atoms with E-state index in [1.807, 2.05) is 61.5 Å². The van der Waals surface area contributed by atoms with Crippen LogP contribution in [0, 0.1) is 0 Å². The Bertz CT molecular complexity index is 987. The molecule has 0 amide bonds. The third-order valence-electron chi connectivity index (χ3n) is 6.13. The van der Waals surface area contributed by atoms with Crippen LogP contribution in [0.4, 0.5) is 5.69 Å². The van der Waals surface area contributed by atoms with E-state index in [9.17, 15) is 9.90 Å². The lowest BCUT2D eigenvalue weighted by Gasteiger charge is -2.40. The normalized spacial score (nSPS) is 15.7. The van der Waals surface area contributed by atoms with Crippen LogP contribution in [0.2, 0.25) is 0 Å². The maximum atomic E-state index is 12.1. The number of hydrogen-bond donors (Lipinski definition) is 1. The van der Waals surface area contributed by atoms with E-state index in [4.69, 9.17) is 0 Å². The summed E-state index contributed by atoms with van der Waals surface area (Å²) < 4.78 is 0. The smallest absolute Gasteiger partial charge is 0.162 e. The van der Waals surface area contributed by atoms with Gasteiger partial charge in [-0.3, -0.25) is 4.79 Å². The van der Waals surface area contributed by atoms with Crippen molar-refractivity contribution >= 4 is 11.5 Å². The van der Waals surface area contributed by atoms with Crippen molar-refractivity contribution in [1.82, 2.24) is 0 Å². The molecular formula is C27H29NO2. The van der Waals surface area contributed by atoms with Gasteiger partial charge in [-0.05, 0) is 66.3 Å². The fourth-order valence-electron chi connectivity index (χ4n) is 4.27. The van der Waals surface area contributed by atoms with E-state index in [0.717, 1.165) is 47.5 Å². The topological polar surface area (TPSA) is 40.5 Å². The Morgan fingerprint density at radius 2 is 1.57 bits per heavy atom. The van der Waals surface area contributed by atoms with Gasteiger partial charge < -0.3 is 10.0 Å². The second kappa shape index (κ2) is 8.85. The predicted octanol–water partition coefficient (Wildman–Crippen LogP) is 5.82. The van der Waals surface area contributed by atoms with Crippen LogP contribution in [0.5, 0.6) is 0 Å². The van der Waals surface area contributed by atoms with Gasteiger partial charge in [0.15, 0.2) is 5.78 Å². The zero-order valence-corrected chi connectivity index (χ0v) is 17.6. The van der Waals surface area contributed by atoms with Crippen LogP contribution in [0.25, 0.3) is 11.1 Å². The Labute approximate surface area is 179 Å². The minimum absolute atomic E-state index is 0.204. The first-order valence-electron chi connectivity index (χ1n) is 10.9. The van der Waals surface area contributed by atoms with Crippen LogP contribution in [0.15, 0.2) is 78.9 Å². The molecule has 3 aromatic rings. The lowest BCUT2D eigenvalue weighted by Crippen LogP contribution is -2.42. The van der Waals surface area contributed by atoms with E-state index < -0.39 is 5.60 Å². The average Bonchev–Trinajstić information content (AvgIpc) is 2.81. The van der Waals surface area contributed by atoms with Crippen molar-refractivity contribution in [2.75, 3.05) is 18.0 Å². The summed E-state index contributed by atoms with van der Waals surface area (Å²) in [5.74, 6) is 0.204. The highest BCUT2D eigenvalue weighted by Crippen LogP contribution is 2.36. The van der Waals surface area contributed by atoms with Gasteiger partial charge in [-0.15, -0.1) is 0 Å². The molecule has 0 unspecified atom stereocenters. The number of anilines is 1. The SMILES string of the molecule is CCCC(=O)c1ccc(N2CCC(O)(c3cccc(-c4ccccc4)c3)CC2)cc1. The fraction of sp³-hybridized carbons (Fsp3) is 0.296. The molecule has 0 aromatic heterocycles. The van der Waals surface area contributed by atoms with Gasteiger partial charge in [-0.25, -0.2) is 0 Å². The van der Waals surface area contributed by atoms with Crippen molar-refractivity contribution in [3.05, 3.63) is 90.0 Å². The average molecular weight is 400 g/mol. The highest BCUT2D eigenvalue weighted by Gasteiger charge is 2.34. The summed E-state index contributed by atoms with van der Waals surface area (Å²) in [5.41, 5.74) is 4.38. The van der Waals surface area contributed by atoms with Gasteiger partial charge in [0.1, 0.15) is 0 Å². The second-order valence-electron chi connectivity index (χ2n) is 8.19. The molecule has 1 aliphatic heterocycles. The molecule has 3 heteroatoms. The molecular weight excluding hydrogens is 370 g/mol. The molecule has 154 valence electrons. The summed E-state index contributed by atoms with van der Waals surface area (Å²) in [7, 11) is 0. The van der Waals surface area contributed by atoms with Gasteiger partial charge in [0.25, 0.3) is 0 Å². The molecule has 1 N–H and O–H groups in total. The number of piperidine rings is 1. The molecule has 0 radical (unpaired) electrons. The molecule has 3 nitrogen and oxygen atoms in total. The maximum Gasteiger partial charge on any atom is 0.162 e. The molecule has 1 saturated heterocycles. The standard InChI is InChI=1S/C27H29NO2/c1-2-7-26(29)22-12-14-25(15-13-22)28-18-16-27(30,17-19-28)24-11-6-10-23(20-24)21-8-4-3-5-9-21/h3-6,8-15,20,30H,2,7,16-19H2,1H3. The number of benzene rings is 3. The number of aliphatic hydroxyl groups is 1. The molecule has 0 saturated carbocycles. The molecule has 0 atom stereocenters. The van der Waals surface area contributed by atoms with E-state index >= 15 is 0 Å². The molecule has 1 fully saturated rings. The molecule has 30 heavy (non-hydrogen) atoms. The molecule has 1 heterocycles. The Hall–Kier alpha value is -2.91. The van der Waals surface area contributed by atoms with Crippen LogP contribution >= 0.6 is 0 Å². The van der Waals surface area contributed by atoms with Crippen LogP contribution in [0.3, 0.4) is 0 Å². The van der Waals surface area contributed by atoms with Crippen molar-refractivity contribution in [2.24, 2.45) is 0 Å². The van der Waals surface area contributed by atoms with E-state index in [1.54, 1.807) is 0 Å². The van der Waals surface area contributed by atoms with E-state index in [2.05, 4.69) is 29.2 Å². The number of ketones is 1. The van der Waals surface area contributed by atoms with Crippen LogP contribution < -0.4 is 4.90 Å². The van der Waals surface area contributed by atoms with Gasteiger partial charge in [0, 0.05) is 30.8 Å². The number of Topliss-reactive ketones (excluding diaryl/α,β-unsaturated/α-hetero) is 1. The van der Waals surface area contributed by atoms with Crippen LogP contribution in [-0.4, -0.2) is 24.0 Å². The second-order valence-corrected chi connectivity index (χ2v) is 8.19. The monoisotopic (exact) mass is 399 g/mol. The van der Waals surface area contributed by atoms with Gasteiger partial charge in [-0.2, -0.15) is 0 Å². The molecule has 4 rings (SSSR count). The molecule has 0 bridgehead atoms. The number of carbonyl (C=O) groups excluding carboxylic acids is 1. The first-order valence-corrected chi connectivity index (χ1v) is 10.9. The Kier molecular flexibility index (Phi) is 6.01. The third kappa shape index (κ3) is 4.31. The van der Waals surface area contributed by atoms with Crippen LogP contribution in [0.1, 0.15) is 48.5 Å². The van der Waals surface area contributed by atoms with Crippen molar-refractivity contribution < 1.29 is 9.90 Å². The minimum Gasteiger partial charge on any atom is -0.385 e. The molecule has 0 aliphatic carbocycles. The number of carbonyl (C=O) groups is 1. The first-order chi connectivity index (χ1) is 14.6. The Morgan fingerprint density at radius 1 is 0.900 bits per heavy atom. The third-order valence-corrected chi connectivity index (χ3v) is 6.13. The highest BCUT2D eigenvalue weighted by atomic mass is 16.3. The summed E-state index contributed by atoms with van der Waals surface area (Å²) in [6.45, 7) is 3.60. The Morgan fingerprint density at radius 3 is 2.23 bits per heavy atom. The lowest BCUT2D eigenvalue weighted by molar-refractivity contribution is 0.0118. The van der Waals surface area contributed by atoms with Gasteiger partial charge in [0.2, 0.25) is 0 Å². The van der Waals surface area contributed by atoms with E-state index in [1.165, 1.54) is 0 Å². The van der Waals surface area contributed by atoms with Gasteiger partial charge >= 0.3 is 0 Å². The number of hydrogen-bond acceptors (Lipinski definition) is 3. The summed E-state index contributed by atoms with van der Waals surface area (Å²) in [6, 6.07) is 26.5. The van der Waals surface area contributed by atoms with Crippen molar-refractivity contribution in [1.29, 1.82) is 0 Å². The van der Waals surface area contributed by atoms with Gasteiger partial charge in [-0.1, -0.05) is 55.5 Å². The van der Waals surface area contributed by atoms with Crippen molar-refractivity contribution in [3.8, 4) is 11.1 Å². The largest absolute Gasteiger partial charge is 0.385 e. The number of nitrogens with zero attached hydrogens (tertiary/aromatic N) is 1. The molecule has 0 spiro atoms. The molecule has 1 aliphatic rings. The van der Waals surface area contributed by atoms with Gasteiger partial charge in [0.05, 0.1) is 5.60 Å². The first kappa shape index (κ1) is 20.4. The summed E-state index contributed by atoms with van der Waals surface area (Å²) in [6.07, 6.45) is 2.83. The summed E-state index contributed by atoms with van der Waals surface area (Å²) >= 11 is 0. The quantitative estimate of drug-likeness (QED) is 0.531. The summed E-state index contributed by atoms with van der Waals surface area (Å²) in [5, 5.41) is 11.4. The zero-order valence-electron chi connectivity index (χ0n) is 17.6. The Balaban J connectivity index is 1.45. The van der Waals surface area contributed by atoms with E-state index in [0.29, 0.717) is 19.3 Å². The highest BCUT2D eigenvalue weighted by molar-refractivity contribution is 5.96. The van der Waals surface area contributed by atoms with E-state index in [-0.39, 0.29) is 5.78 Å². The van der Waals surface area contributed by atoms with Crippen molar-refractivity contribution in [2.45, 2.75) is 38.2 Å². The van der Waals surface area contributed by atoms with Crippen LogP contribution in [-0.2, 0) is 5.60 Å². The maximum absolute atomic E-state index is 12.1. The lowest BCUT2D eigenvalue weighted by atomic mass is 9.83.